The Bertz CT molecular complexity index is 446. The van der Waals surface area contributed by atoms with E-state index >= 15 is 0 Å². The normalized spacial score (nSPS) is 18.9. The highest BCUT2D eigenvalue weighted by atomic mass is 16.5. The second-order valence-corrected chi connectivity index (χ2v) is 4.93. The topological polar surface area (TPSA) is 77.3 Å². The van der Waals surface area contributed by atoms with E-state index in [2.05, 4.69) is 10.1 Å². The standard InChI is InChI=1S/C13H20N4O3/c1-20-13(19)8-11-4-2-3-6-17(11)12(18)5-7-16-10-14-9-15-16/h9-11H,2-8H2,1H3. The number of hydrogen-bond donors (Lipinski definition) is 0. The highest BCUT2D eigenvalue weighted by molar-refractivity contribution is 5.78. The fraction of sp³-hybridized carbons (Fsp3) is 0.692. The molecular weight excluding hydrogens is 260 g/mol. The van der Waals surface area contributed by atoms with E-state index in [0.717, 1.165) is 25.8 Å². The Labute approximate surface area is 117 Å². The maximum Gasteiger partial charge on any atom is 0.307 e. The van der Waals surface area contributed by atoms with Crippen LogP contribution >= 0.6 is 0 Å². The second kappa shape index (κ2) is 7.02. The minimum atomic E-state index is -0.258. The molecular formula is C13H20N4O3. The van der Waals surface area contributed by atoms with Crippen molar-refractivity contribution in [2.45, 2.75) is 44.7 Å². The van der Waals surface area contributed by atoms with Crippen LogP contribution in [-0.4, -0.2) is 51.2 Å². The first-order valence-corrected chi connectivity index (χ1v) is 6.89. The van der Waals surface area contributed by atoms with Gasteiger partial charge in [-0.1, -0.05) is 0 Å². The van der Waals surface area contributed by atoms with Gasteiger partial charge < -0.3 is 9.64 Å². The van der Waals surface area contributed by atoms with Gasteiger partial charge in [0.15, 0.2) is 0 Å². The molecule has 1 aromatic rings. The van der Waals surface area contributed by atoms with Crippen LogP contribution in [0.2, 0.25) is 0 Å². The summed E-state index contributed by atoms with van der Waals surface area (Å²) in [5, 5.41) is 3.97. The van der Waals surface area contributed by atoms with E-state index in [1.54, 1.807) is 11.0 Å². The number of aromatic nitrogens is 3. The van der Waals surface area contributed by atoms with Gasteiger partial charge in [0.25, 0.3) is 0 Å². The van der Waals surface area contributed by atoms with Gasteiger partial charge in [-0.3, -0.25) is 14.3 Å². The lowest BCUT2D eigenvalue weighted by Crippen LogP contribution is -2.45. The lowest BCUT2D eigenvalue weighted by Gasteiger charge is -2.35. The maximum atomic E-state index is 12.3. The monoisotopic (exact) mass is 280 g/mol. The van der Waals surface area contributed by atoms with Crippen LogP contribution in [0.5, 0.6) is 0 Å². The molecule has 1 fully saturated rings. The van der Waals surface area contributed by atoms with E-state index in [1.165, 1.54) is 13.4 Å². The van der Waals surface area contributed by atoms with Gasteiger partial charge in [-0.05, 0) is 19.3 Å². The van der Waals surface area contributed by atoms with Crippen molar-refractivity contribution in [3.05, 3.63) is 12.7 Å². The Morgan fingerprint density at radius 3 is 2.95 bits per heavy atom. The summed E-state index contributed by atoms with van der Waals surface area (Å²) in [6.45, 7) is 1.23. The molecule has 2 heterocycles. The van der Waals surface area contributed by atoms with Gasteiger partial charge in [0, 0.05) is 19.0 Å². The molecule has 0 bridgehead atoms. The van der Waals surface area contributed by atoms with Crippen molar-refractivity contribution in [2.75, 3.05) is 13.7 Å². The van der Waals surface area contributed by atoms with Crippen molar-refractivity contribution >= 4 is 11.9 Å². The molecule has 110 valence electrons. The van der Waals surface area contributed by atoms with Crippen LogP contribution in [0.25, 0.3) is 0 Å². The molecule has 0 aromatic carbocycles. The molecule has 0 aliphatic carbocycles. The summed E-state index contributed by atoms with van der Waals surface area (Å²) in [4.78, 5) is 29.4. The average molecular weight is 280 g/mol. The highest BCUT2D eigenvalue weighted by Crippen LogP contribution is 2.21. The molecule has 1 aliphatic rings. The van der Waals surface area contributed by atoms with Gasteiger partial charge >= 0.3 is 5.97 Å². The molecule has 1 atom stereocenters. The lowest BCUT2D eigenvalue weighted by atomic mass is 9.99. The lowest BCUT2D eigenvalue weighted by molar-refractivity contribution is -0.144. The van der Waals surface area contributed by atoms with Crippen LogP contribution in [0, 0.1) is 0 Å². The molecule has 0 spiro atoms. The number of aryl methyl sites for hydroxylation is 1. The summed E-state index contributed by atoms with van der Waals surface area (Å²) in [5.74, 6) is -0.194. The van der Waals surface area contributed by atoms with E-state index in [1.807, 2.05) is 4.90 Å². The Morgan fingerprint density at radius 1 is 1.40 bits per heavy atom. The number of amides is 1. The molecule has 7 nitrogen and oxygen atoms in total. The van der Waals surface area contributed by atoms with Crippen LogP contribution in [0.4, 0.5) is 0 Å². The van der Waals surface area contributed by atoms with Crippen molar-refractivity contribution < 1.29 is 14.3 Å². The van der Waals surface area contributed by atoms with Crippen LogP contribution in [-0.2, 0) is 20.9 Å². The predicted octanol–water partition coefficient (Wildman–Crippen LogP) is 0.612. The molecule has 1 aliphatic heterocycles. The summed E-state index contributed by atoms with van der Waals surface area (Å²) in [6, 6.07) is -0.0283. The van der Waals surface area contributed by atoms with Gasteiger partial charge in [-0.2, -0.15) is 5.10 Å². The van der Waals surface area contributed by atoms with E-state index < -0.39 is 0 Å². The van der Waals surface area contributed by atoms with Gasteiger partial charge in [0.2, 0.25) is 5.91 Å². The summed E-state index contributed by atoms with van der Waals surface area (Å²) in [5.41, 5.74) is 0. The molecule has 0 N–H and O–H groups in total. The highest BCUT2D eigenvalue weighted by Gasteiger charge is 2.28. The Balaban J connectivity index is 1.89. The largest absolute Gasteiger partial charge is 0.469 e. The minimum absolute atomic E-state index is 0.0283. The van der Waals surface area contributed by atoms with Crippen LogP contribution in [0.15, 0.2) is 12.7 Å². The van der Waals surface area contributed by atoms with Crippen LogP contribution in [0.1, 0.15) is 32.1 Å². The van der Waals surface area contributed by atoms with Crippen LogP contribution < -0.4 is 0 Å². The average Bonchev–Trinajstić information content (AvgIpc) is 2.98. The quantitative estimate of drug-likeness (QED) is 0.739. The van der Waals surface area contributed by atoms with E-state index in [9.17, 15) is 9.59 Å². The van der Waals surface area contributed by atoms with Crippen molar-refractivity contribution in [3.63, 3.8) is 0 Å². The first kappa shape index (κ1) is 14.5. The SMILES string of the molecule is COC(=O)CC1CCCCN1C(=O)CCn1cncn1. The fourth-order valence-corrected chi connectivity index (χ4v) is 2.52. The molecule has 1 aromatic heterocycles. The number of methoxy groups -OCH3 is 1. The molecule has 0 saturated carbocycles. The van der Waals surface area contributed by atoms with Gasteiger partial charge in [0.1, 0.15) is 12.7 Å². The number of hydrogen-bond acceptors (Lipinski definition) is 5. The number of esters is 1. The number of carbonyl (C=O) groups excluding carboxylic acids is 2. The third-order valence-corrected chi connectivity index (χ3v) is 3.60. The smallest absolute Gasteiger partial charge is 0.307 e. The third kappa shape index (κ3) is 3.79. The number of carbonyl (C=O) groups is 2. The molecule has 0 radical (unpaired) electrons. The van der Waals surface area contributed by atoms with Gasteiger partial charge in [0.05, 0.1) is 20.1 Å². The molecule has 20 heavy (non-hydrogen) atoms. The van der Waals surface area contributed by atoms with E-state index in [-0.39, 0.29) is 24.3 Å². The second-order valence-electron chi connectivity index (χ2n) is 4.93. The summed E-state index contributed by atoms with van der Waals surface area (Å²) >= 11 is 0. The van der Waals surface area contributed by atoms with Crippen molar-refractivity contribution in [1.82, 2.24) is 19.7 Å². The number of rotatable bonds is 5. The van der Waals surface area contributed by atoms with Crippen molar-refractivity contribution in [2.24, 2.45) is 0 Å². The zero-order valence-electron chi connectivity index (χ0n) is 11.7. The van der Waals surface area contributed by atoms with Crippen molar-refractivity contribution in [3.8, 4) is 0 Å². The van der Waals surface area contributed by atoms with Gasteiger partial charge in [-0.15, -0.1) is 0 Å². The summed E-state index contributed by atoms with van der Waals surface area (Å²) in [6.07, 6.45) is 6.61. The van der Waals surface area contributed by atoms with E-state index in [4.69, 9.17) is 4.74 Å². The number of likely N-dealkylation sites (tertiary alicyclic amines) is 1. The summed E-state index contributed by atoms with van der Waals surface area (Å²) < 4.78 is 6.34. The fourth-order valence-electron chi connectivity index (χ4n) is 2.52. The zero-order valence-corrected chi connectivity index (χ0v) is 11.7. The zero-order chi connectivity index (χ0) is 14.4. The first-order chi connectivity index (χ1) is 9.70. The maximum absolute atomic E-state index is 12.3. The van der Waals surface area contributed by atoms with Crippen LogP contribution in [0.3, 0.4) is 0 Å². The Hall–Kier alpha value is -1.92. The number of nitrogens with zero attached hydrogens (tertiary/aromatic N) is 4. The van der Waals surface area contributed by atoms with E-state index in [0.29, 0.717) is 13.0 Å². The predicted molar refractivity (Wildman–Crippen MR) is 70.6 cm³/mol. The van der Waals surface area contributed by atoms with Crippen molar-refractivity contribution in [1.29, 1.82) is 0 Å². The minimum Gasteiger partial charge on any atom is -0.469 e. The molecule has 2 rings (SSSR count). The Kier molecular flexibility index (Phi) is 5.09. The Morgan fingerprint density at radius 2 is 2.25 bits per heavy atom. The molecule has 1 unspecified atom stereocenters. The number of ether oxygens (including phenoxy) is 1. The molecule has 7 heteroatoms. The third-order valence-electron chi connectivity index (χ3n) is 3.60. The molecule has 1 amide bonds. The first-order valence-electron chi connectivity index (χ1n) is 6.89. The van der Waals surface area contributed by atoms with Gasteiger partial charge in [-0.25, -0.2) is 4.98 Å². The number of piperidine rings is 1. The summed E-state index contributed by atoms with van der Waals surface area (Å²) in [7, 11) is 1.38. The molecule has 1 saturated heterocycles.